The van der Waals surface area contributed by atoms with E-state index in [4.69, 9.17) is 14.4 Å². The molecular weight excluding hydrogens is 241 g/mol. The lowest BCUT2D eigenvalue weighted by atomic mass is 10.2. The molecule has 0 saturated heterocycles. The molecule has 0 amide bonds. The van der Waals surface area contributed by atoms with Crippen molar-refractivity contribution < 1.29 is 23.6 Å². The summed E-state index contributed by atoms with van der Waals surface area (Å²) in [5.41, 5.74) is 0.470. The van der Waals surface area contributed by atoms with E-state index in [9.17, 15) is 9.18 Å². The molecule has 0 atom stereocenters. The molecule has 94 valence electrons. The van der Waals surface area contributed by atoms with E-state index in [1.165, 1.54) is 6.07 Å². The van der Waals surface area contributed by atoms with Crippen LogP contribution < -0.4 is 4.74 Å². The van der Waals surface area contributed by atoms with Crippen LogP contribution in [0, 0.1) is 12.7 Å². The van der Waals surface area contributed by atoms with Gasteiger partial charge in [0.15, 0.2) is 5.76 Å². The summed E-state index contributed by atoms with van der Waals surface area (Å²) in [6, 6.07) is 4.97. The molecule has 18 heavy (non-hydrogen) atoms. The number of benzene rings is 1. The molecule has 2 aromatic rings. The second kappa shape index (κ2) is 4.87. The first-order chi connectivity index (χ1) is 8.56. The van der Waals surface area contributed by atoms with Gasteiger partial charge in [-0.3, -0.25) is 0 Å². The van der Waals surface area contributed by atoms with E-state index in [1.54, 1.807) is 13.0 Å². The van der Waals surface area contributed by atoms with E-state index in [0.29, 0.717) is 11.5 Å². The number of aromatic carboxylic acids is 1. The average Bonchev–Trinajstić information content (AvgIpc) is 2.73. The van der Waals surface area contributed by atoms with Gasteiger partial charge in [0.25, 0.3) is 0 Å². The first-order valence-electron chi connectivity index (χ1n) is 5.14. The first kappa shape index (κ1) is 12.1. The quantitative estimate of drug-likeness (QED) is 0.903. The lowest BCUT2D eigenvalue weighted by molar-refractivity contribution is 0.0690. The zero-order chi connectivity index (χ0) is 13.1. The molecule has 1 heterocycles. The monoisotopic (exact) mass is 251 g/mol. The molecule has 0 radical (unpaired) electrons. The van der Waals surface area contributed by atoms with Crippen molar-refractivity contribution in [3.05, 3.63) is 47.1 Å². The minimum Gasteiger partial charge on any atom is -0.485 e. The van der Waals surface area contributed by atoms with Crippen molar-refractivity contribution in [3.8, 4) is 5.75 Å². The van der Waals surface area contributed by atoms with Gasteiger partial charge in [-0.25, -0.2) is 9.18 Å². The number of ether oxygens (including phenoxy) is 1. The van der Waals surface area contributed by atoms with Crippen molar-refractivity contribution in [1.29, 1.82) is 0 Å². The number of hydrogen-bond donors (Lipinski definition) is 1. The van der Waals surface area contributed by atoms with Crippen LogP contribution in [0.25, 0.3) is 0 Å². The minimum atomic E-state index is -1.25. The molecule has 0 aliphatic heterocycles. The van der Waals surface area contributed by atoms with Crippen LogP contribution >= 0.6 is 0 Å². The van der Waals surface area contributed by atoms with Gasteiger partial charge in [-0.2, -0.15) is 0 Å². The highest BCUT2D eigenvalue weighted by atomic mass is 19.1. The molecule has 6 heteroatoms. The van der Waals surface area contributed by atoms with Crippen LogP contribution in [0.3, 0.4) is 0 Å². The number of nitrogens with zero attached hydrogens (tertiary/aromatic N) is 1. The summed E-state index contributed by atoms with van der Waals surface area (Å²) in [7, 11) is 0. The molecule has 0 bridgehead atoms. The number of carbonyl (C=O) groups is 1. The van der Waals surface area contributed by atoms with Crippen LogP contribution in [0.15, 0.2) is 28.8 Å². The first-order valence-corrected chi connectivity index (χ1v) is 5.14. The standard InChI is InChI=1S/C12H10FNO4/c1-7-4-9(18-14-7)6-17-11-3-2-8(13)5-10(11)12(15)16/h2-5H,6H2,1H3,(H,15,16). The number of hydrogen-bond acceptors (Lipinski definition) is 4. The zero-order valence-corrected chi connectivity index (χ0v) is 9.51. The van der Waals surface area contributed by atoms with Crippen LogP contribution in [-0.4, -0.2) is 16.2 Å². The Morgan fingerprint density at radius 2 is 2.28 bits per heavy atom. The van der Waals surface area contributed by atoms with Crippen molar-refractivity contribution in [2.45, 2.75) is 13.5 Å². The smallest absolute Gasteiger partial charge is 0.339 e. The molecule has 1 N–H and O–H groups in total. The maximum absolute atomic E-state index is 12.9. The number of aromatic nitrogens is 1. The number of halogens is 1. The van der Waals surface area contributed by atoms with E-state index in [2.05, 4.69) is 5.16 Å². The fourth-order valence-corrected chi connectivity index (χ4v) is 1.43. The fraction of sp³-hybridized carbons (Fsp3) is 0.167. The summed E-state index contributed by atoms with van der Waals surface area (Å²) in [5, 5.41) is 12.6. The predicted molar refractivity (Wildman–Crippen MR) is 58.9 cm³/mol. The van der Waals surface area contributed by atoms with E-state index in [0.717, 1.165) is 12.1 Å². The van der Waals surface area contributed by atoms with E-state index < -0.39 is 11.8 Å². The van der Waals surface area contributed by atoms with Gasteiger partial charge >= 0.3 is 5.97 Å². The Morgan fingerprint density at radius 3 is 2.89 bits per heavy atom. The average molecular weight is 251 g/mol. The highest BCUT2D eigenvalue weighted by Crippen LogP contribution is 2.21. The van der Waals surface area contributed by atoms with Crippen molar-refractivity contribution in [2.75, 3.05) is 0 Å². The van der Waals surface area contributed by atoms with Crippen LogP contribution in [-0.2, 0) is 6.61 Å². The zero-order valence-electron chi connectivity index (χ0n) is 9.51. The van der Waals surface area contributed by atoms with Gasteiger partial charge in [0.1, 0.15) is 23.7 Å². The summed E-state index contributed by atoms with van der Waals surface area (Å²) < 4.78 is 23.1. The Balaban J connectivity index is 2.16. The SMILES string of the molecule is Cc1cc(COc2ccc(F)cc2C(=O)O)on1. The van der Waals surface area contributed by atoms with Gasteiger partial charge < -0.3 is 14.4 Å². The Labute approximate surface area is 102 Å². The number of carboxylic acid groups (broad SMARTS) is 1. The predicted octanol–water partition coefficient (Wildman–Crippen LogP) is 2.40. The number of aryl methyl sites for hydroxylation is 1. The topological polar surface area (TPSA) is 72.6 Å². The maximum Gasteiger partial charge on any atom is 0.339 e. The summed E-state index contributed by atoms with van der Waals surface area (Å²) in [6.45, 7) is 1.79. The molecule has 0 unspecified atom stereocenters. The molecule has 0 spiro atoms. The second-order valence-electron chi connectivity index (χ2n) is 3.67. The second-order valence-corrected chi connectivity index (χ2v) is 3.67. The summed E-state index contributed by atoms with van der Waals surface area (Å²) in [6.07, 6.45) is 0. The third kappa shape index (κ3) is 2.65. The van der Waals surface area contributed by atoms with Gasteiger partial charge in [-0.1, -0.05) is 5.16 Å². The van der Waals surface area contributed by atoms with E-state index >= 15 is 0 Å². The van der Waals surface area contributed by atoms with Crippen molar-refractivity contribution in [3.63, 3.8) is 0 Å². The lowest BCUT2D eigenvalue weighted by Gasteiger charge is -2.07. The molecule has 0 saturated carbocycles. The summed E-state index contributed by atoms with van der Waals surface area (Å²) in [5.74, 6) is -1.33. The normalized spacial score (nSPS) is 10.3. The van der Waals surface area contributed by atoms with Crippen molar-refractivity contribution >= 4 is 5.97 Å². The highest BCUT2D eigenvalue weighted by Gasteiger charge is 2.13. The van der Waals surface area contributed by atoms with Gasteiger partial charge in [0, 0.05) is 6.07 Å². The molecule has 0 fully saturated rings. The molecular formula is C12H10FNO4. The highest BCUT2D eigenvalue weighted by molar-refractivity contribution is 5.90. The molecule has 1 aromatic heterocycles. The largest absolute Gasteiger partial charge is 0.485 e. The third-order valence-electron chi connectivity index (χ3n) is 2.22. The summed E-state index contributed by atoms with van der Waals surface area (Å²) >= 11 is 0. The summed E-state index contributed by atoms with van der Waals surface area (Å²) in [4.78, 5) is 10.9. The Bertz CT molecular complexity index is 579. The maximum atomic E-state index is 12.9. The van der Waals surface area contributed by atoms with Gasteiger partial charge in [0.2, 0.25) is 0 Å². The van der Waals surface area contributed by atoms with Crippen LogP contribution in [0.2, 0.25) is 0 Å². The van der Waals surface area contributed by atoms with Gasteiger partial charge in [0.05, 0.1) is 5.69 Å². The Hall–Kier alpha value is -2.37. The van der Waals surface area contributed by atoms with Crippen LogP contribution in [0.1, 0.15) is 21.8 Å². The molecule has 5 nitrogen and oxygen atoms in total. The van der Waals surface area contributed by atoms with Crippen LogP contribution in [0.5, 0.6) is 5.75 Å². The van der Waals surface area contributed by atoms with Crippen molar-refractivity contribution in [2.24, 2.45) is 0 Å². The van der Waals surface area contributed by atoms with Crippen LogP contribution in [0.4, 0.5) is 4.39 Å². The van der Waals surface area contributed by atoms with Gasteiger partial charge in [-0.05, 0) is 25.1 Å². The molecule has 0 aliphatic carbocycles. The fourth-order valence-electron chi connectivity index (χ4n) is 1.43. The van der Waals surface area contributed by atoms with Gasteiger partial charge in [-0.15, -0.1) is 0 Å². The van der Waals surface area contributed by atoms with Crippen molar-refractivity contribution in [1.82, 2.24) is 5.16 Å². The number of rotatable bonds is 4. The molecule has 0 aliphatic rings. The lowest BCUT2D eigenvalue weighted by Crippen LogP contribution is -2.03. The Kier molecular flexibility index (Phi) is 3.27. The number of carboxylic acids is 1. The minimum absolute atomic E-state index is 0.0345. The van der Waals surface area contributed by atoms with E-state index in [1.807, 2.05) is 0 Å². The Morgan fingerprint density at radius 1 is 1.50 bits per heavy atom. The van der Waals surface area contributed by atoms with E-state index in [-0.39, 0.29) is 17.9 Å². The molecule has 1 aromatic carbocycles. The molecule has 2 rings (SSSR count). The third-order valence-corrected chi connectivity index (χ3v) is 2.22.